The number of fused-ring (bicyclic) bond motifs is 3. The summed E-state index contributed by atoms with van der Waals surface area (Å²) >= 11 is 0. The van der Waals surface area contributed by atoms with Crippen LogP contribution in [0.3, 0.4) is 0 Å². The van der Waals surface area contributed by atoms with Crippen molar-refractivity contribution in [1.29, 1.82) is 0 Å². The van der Waals surface area contributed by atoms with Gasteiger partial charge in [-0.3, -0.25) is 19.3 Å². The first-order valence-electron chi connectivity index (χ1n) is 8.71. The van der Waals surface area contributed by atoms with Gasteiger partial charge >= 0.3 is 5.97 Å². The van der Waals surface area contributed by atoms with Crippen molar-refractivity contribution >= 4 is 35.1 Å². The number of ether oxygens (including phenoxy) is 1. The van der Waals surface area contributed by atoms with Crippen molar-refractivity contribution in [2.75, 3.05) is 17.3 Å². The first kappa shape index (κ1) is 17.7. The van der Waals surface area contributed by atoms with E-state index in [-0.39, 0.29) is 18.7 Å². The van der Waals surface area contributed by atoms with Gasteiger partial charge in [-0.2, -0.15) is 0 Å². The standard InChI is InChI=1S/C20H17N3O5/c1-28-18(26)12-6-8-13(9-7-12)21-19(27)20-11-10-16(24)23(20)15-5-3-2-4-14(15)17(25)22-20/h2-9H,10-11H2,1H3,(H,21,27)(H,22,25). The molecule has 2 aromatic rings. The molecule has 4 rings (SSSR count). The maximum atomic E-state index is 13.1. The van der Waals surface area contributed by atoms with E-state index < -0.39 is 23.4 Å². The van der Waals surface area contributed by atoms with Gasteiger partial charge in [-0.05, 0) is 36.4 Å². The zero-order valence-corrected chi connectivity index (χ0v) is 15.0. The largest absolute Gasteiger partial charge is 0.465 e. The van der Waals surface area contributed by atoms with Crippen molar-refractivity contribution in [2.24, 2.45) is 0 Å². The monoisotopic (exact) mass is 379 g/mol. The van der Waals surface area contributed by atoms with Crippen molar-refractivity contribution < 1.29 is 23.9 Å². The number of hydrogen-bond acceptors (Lipinski definition) is 5. The summed E-state index contributed by atoms with van der Waals surface area (Å²) in [5, 5.41) is 5.45. The van der Waals surface area contributed by atoms with Crippen molar-refractivity contribution in [3.05, 3.63) is 59.7 Å². The van der Waals surface area contributed by atoms with E-state index >= 15 is 0 Å². The Labute approximate surface area is 160 Å². The second-order valence-corrected chi connectivity index (χ2v) is 6.58. The van der Waals surface area contributed by atoms with Crippen molar-refractivity contribution in [3.8, 4) is 0 Å². The molecule has 0 saturated carbocycles. The van der Waals surface area contributed by atoms with Crippen LogP contribution < -0.4 is 15.5 Å². The third kappa shape index (κ3) is 2.61. The van der Waals surface area contributed by atoms with Gasteiger partial charge in [0, 0.05) is 18.5 Å². The molecule has 1 saturated heterocycles. The lowest BCUT2D eigenvalue weighted by molar-refractivity contribution is -0.124. The number of rotatable bonds is 3. The fourth-order valence-corrected chi connectivity index (χ4v) is 3.61. The Hall–Kier alpha value is -3.68. The highest BCUT2D eigenvalue weighted by Gasteiger charge is 2.56. The van der Waals surface area contributed by atoms with Gasteiger partial charge in [0.05, 0.1) is 23.9 Å². The number of hydrogen-bond donors (Lipinski definition) is 2. The number of carbonyl (C=O) groups is 4. The molecule has 3 amide bonds. The summed E-state index contributed by atoms with van der Waals surface area (Å²) in [7, 11) is 1.28. The van der Waals surface area contributed by atoms with Gasteiger partial charge in [-0.25, -0.2) is 4.79 Å². The van der Waals surface area contributed by atoms with Crippen LogP contribution in [0.1, 0.15) is 33.6 Å². The van der Waals surface area contributed by atoms with Crippen LogP contribution in [-0.2, 0) is 14.3 Å². The molecule has 142 valence electrons. The molecule has 2 heterocycles. The van der Waals surface area contributed by atoms with E-state index in [1.165, 1.54) is 24.1 Å². The van der Waals surface area contributed by atoms with Gasteiger partial charge in [0.15, 0.2) is 0 Å². The van der Waals surface area contributed by atoms with Gasteiger partial charge < -0.3 is 15.4 Å². The Balaban J connectivity index is 1.66. The number of nitrogens with zero attached hydrogens (tertiary/aromatic N) is 1. The maximum Gasteiger partial charge on any atom is 0.337 e. The van der Waals surface area contributed by atoms with Crippen LogP contribution >= 0.6 is 0 Å². The second-order valence-electron chi connectivity index (χ2n) is 6.58. The molecule has 0 spiro atoms. The van der Waals surface area contributed by atoms with Crippen LogP contribution in [0.25, 0.3) is 0 Å². The second kappa shape index (κ2) is 6.49. The molecule has 0 aliphatic carbocycles. The third-order valence-electron chi connectivity index (χ3n) is 4.98. The zero-order chi connectivity index (χ0) is 19.9. The predicted octanol–water partition coefficient (Wildman–Crippen LogP) is 1.68. The van der Waals surface area contributed by atoms with Crippen molar-refractivity contribution in [1.82, 2.24) is 5.32 Å². The third-order valence-corrected chi connectivity index (χ3v) is 4.98. The maximum absolute atomic E-state index is 13.1. The molecule has 1 unspecified atom stereocenters. The first-order chi connectivity index (χ1) is 13.5. The molecule has 8 heteroatoms. The summed E-state index contributed by atoms with van der Waals surface area (Å²) in [6.07, 6.45) is 0.307. The smallest absolute Gasteiger partial charge is 0.337 e. The molecule has 0 aromatic heterocycles. The molecule has 0 bridgehead atoms. The lowest BCUT2D eigenvalue weighted by atomic mass is 9.98. The van der Waals surface area contributed by atoms with Crippen LogP contribution in [0.2, 0.25) is 0 Å². The van der Waals surface area contributed by atoms with Gasteiger partial charge in [0.25, 0.3) is 11.8 Å². The molecule has 2 aliphatic rings. The quantitative estimate of drug-likeness (QED) is 0.790. The van der Waals surface area contributed by atoms with Crippen molar-refractivity contribution in [3.63, 3.8) is 0 Å². The average Bonchev–Trinajstić information content (AvgIpc) is 3.06. The van der Waals surface area contributed by atoms with E-state index in [1.807, 2.05) is 0 Å². The lowest BCUT2D eigenvalue weighted by Crippen LogP contribution is -2.68. The van der Waals surface area contributed by atoms with Crippen molar-refractivity contribution in [2.45, 2.75) is 18.5 Å². The number of carbonyl (C=O) groups excluding carboxylic acids is 4. The highest BCUT2D eigenvalue weighted by Crippen LogP contribution is 2.39. The number of benzene rings is 2. The van der Waals surface area contributed by atoms with E-state index in [2.05, 4.69) is 15.4 Å². The predicted molar refractivity (Wildman–Crippen MR) is 99.8 cm³/mol. The number of nitrogens with one attached hydrogen (secondary N) is 2. The number of para-hydroxylation sites is 1. The summed E-state index contributed by atoms with van der Waals surface area (Å²) in [5.74, 6) is -1.64. The molecule has 8 nitrogen and oxygen atoms in total. The van der Waals surface area contributed by atoms with Crippen LogP contribution in [0.5, 0.6) is 0 Å². The van der Waals surface area contributed by atoms with E-state index in [4.69, 9.17) is 0 Å². The fourth-order valence-electron chi connectivity index (χ4n) is 3.61. The molecule has 1 fully saturated rings. The highest BCUT2D eigenvalue weighted by molar-refractivity contribution is 6.18. The highest BCUT2D eigenvalue weighted by atomic mass is 16.5. The number of anilines is 2. The van der Waals surface area contributed by atoms with E-state index in [0.717, 1.165) is 0 Å². The van der Waals surface area contributed by atoms with Crippen LogP contribution in [-0.4, -0.2) is 36.5 Å². The minimum absolute atomic E-state index is 0.142. The SMILES string of the molecule is COC(=O)c1ccc(NC(=O)C23CCC(=O)N2c2ccccc2C(=O)N3)cc1. The Morgan fingerprint density at radius 3 is 2.54 bits per heavy atom. The summed E-state index contributed by atoms with van der Waals surface area (Å²) in [4.78, 5) is 51.1. The first-order valence-corrected chi connectivity index (χ1v) is 8.71. The van der Waals surface area contributed by atoms with E-state index in [9.17, 15) is 19.2 Å². The van der Waals surface area contributed by atoms with Gasteiger partial charge in [0.2, 0.25) is 11.6 Å². The minimum atomic E-state index is -1.48. The lowest BCUT2D eigenvalue weighted by Gasteiger charge is -2.41. The Kier molecular flexibility index (Phi) is 4.11. The minimum Gasteiger partial charge on any atom is -0.465 e. The van der Waals surface area contributed by atoms with Crippen LogP contribution in [0, 0.1) is 0 Å². The van der Waals surface area contributed by atoms with Crippen LogP contribution in [0.15, 0.2) is 48.5 Å². The fraction of sp³-hybridized carbons (Fsp3) is 0.200. The zero-order valence-electron chi connectivity index (χ0n) is 15.0. The number of amides is 3. The normalized spacial score (nSPS) is 20.1. The Morgan fingerprint density at radius 2 is 1.82 bits per heavy atom. The molecular weight excluding hydrogens is 362 g/mol. The summed E-state index contributed by atoms with van der Waals surface area (Å²) < 4.78 is 4.65. The molecule has 0 radical (unpaired) electrons. The summed E-state index contributed by atoms with van der Waals surface area (Å²) in [6.45, 7) is 0. The van der Waals surface area contributed by atoms with Crippen LogP contribution in [0.4, 0.5) is 11.4 Å². The molecular formula is C20H17N3O5. The molecule has 28 heavy (non-hydrogen) atoms. The summed E-state index contributed by atoms with van der Waals surface area (Å²) in [6, 6.07) is 12.8. The molecule has 2 N–H and O–H groups in total. The number of esters is 1. The molecule has 1 atom stereocenters. The average molecular weight is 379 g/mol. The molecule has 2 aromatic carbocycles. The van der Waals surface area contributed by atoms with E-state index in [1.54, 1.807) is 36.4 Å². The Morgan fingerprint density at radius 1 is 1.11 bits per heavy atom. The Bertz CT molecular complexity index is 1000. The van der Waals surface area contributed by atoms with Gasteiger partial charge in [-0.1, -0.05) is 12.1 Å². The van der Waals surface area contributed by atoms with E-state index in [0.29, 0.717) is 22.5 Å². The van der Waals surface area contributed by atoms with Gasteiger partial charge in [-0.15, -0.1) is 0 Å². The van der Waals surface area contributed by atoms with Gasteiger partial charge in [0.1, 0.15) is 0 Å². The topological polar surface area (TPSA) is 105 Å². The summed E-state index contributed by atoms with van der Waals surface area (Å²) in [5.41, 5.74) is 0.0630. The number of methoxy groups -OCH3 is 1. The molecule has 2 aliphatic heterocycles.